The van der Waals surface area contributed by atoms with E-state index in [-0.39, 0.29) is 24.9 Å². The average Bonchev–Trinajstić information content (AvgIpc) is 3.37. The van der Waals surface area contributed by atoms with Crippen molar-refractivity contribution in [3.8, 4) is 0 Å². The fourth-order valence-electron chi connectivity index (χ4n) is 8.99. The van der Waals surface area contributed by atoms with Gasteiger partial charge in [0.15, 0.2) is 0 Å². The highest BCUT2D eigenvalue weighted by Crippen LogP contribution is 2.38. The molecular formula is C65H121N2O7P. The molecule has 0 aromatic heterocycles. The number of phosphoric acid groups is 1. The van der Waals surface area contributed by atoms with Crippen molar-refractivity contribution in [3.05, 3.63) is 60.8 Å². The smallest absolute Gasteiger partial charge is 0.306 e. The number of ether oxygens (including phenoxy) is 1. The molecule has 0 aromatic rings. The summed E-state index contributed by atoms with van der Waals surface area (Å²) < 4.78 is 30.3. The summed E-state index contributed by atoms with van der Waals surface area (Å²) in [5, 5.41) is 3.03. The van der Waals surface area contributed by atoms with Crippen LogP contribution in [-0.2, 0) is 27.9 Å². The second-order valence-corrected chi connectivity index (χ2v) is 24.0. The highest BCUT2D eigenvalue weighted by atomic mass is 31.2. The van der Waals surface area contributed by atoms with Gasteiger partial charge in [0.25, 0.3) is 7.82 Å². The van der Waals surface area contributed by atoms with E-state index >= 15 is 0 Å². The predicted octanol–water partition coefficient (Wildman–Crippen LogP) is 18.8. The number of hydrogen-bond acceptors (Lipinski definition) is 7. The van der Waals surface area contributed by atoms with Crippen LogP contribution in [0.15, 0.2) is 60.8 Å². The second kappa shape index (κ2) is 55.0. The molecule has 0 aliphatic rings. The normalized spacial score (nSPS) is 14.1. The van der Waals surface area contributed by atoms with Gasteiger partial charge in [0.2, 0.25) is 5.91 Å². The van der Waals surface area contributed by atoms with Gasteiger partial charge in [0.1, 0.15) is 19.3 Å². The molecule has 438 valence electrons. The van der Waals surface area contributed by atoms with E-state index in [1.807, 2.05) is 33.3 Å². The molecule has 1 amide bonds. The molecular weight excluding hydrogens is 952 g/mol. The highest BCUT2D eigenvalue weighted by molar-refractivity contribution is 7.45. The van der Waals surface area contributed by atoms with E-state index in [0.29, 0.717) is 23.9 Å². The van der Waals surface area contributed by atoms with Gasteiger partial charge in [0.05, 0.1) is 33.8 Å². The molecule has 0 spiro atoms. The van der Waals surface area contributed by atoms with Crippen molar-refractivity contribution in [3.63, 3.8) is 0 Å². The number of hydrogen-bond donors (Lipinski definition) is 1. The molecule has 10 heteroatoms. The molecule has 75 heavy (non-hydrogen) atoms. The number of unbranched alkanes of at least 4 members (excludes halogenated alkanes) is 33. The van der Waals surface area contributed by atoms with Crippen LogP contribution in [0.25, 0.3) is 0 Å². The summed E-state index contributed by atoms with van der Waals surface area (Å²) in [4.78, 5) is 40.0. The number of phosphoric ester groups is 1. The van der Waals surface area contributed by atoms with Crippen molar-refractivity contribution in [1.82, 2.24) is 5.32 Å². The summed E-state index contributed by atoms with van der Waals surface area (Å²) in [7, 11) is 1.18. The summed E-state index contributed by atoms with van der Waals surface area (Å²) >= 11 is 0. The zero-order chi connectivity index (χ0) is 55.0. The van der Waals surface area contributed by atoms with Crippen LogP contribution in [0.2, 0.25) is 0 Å². The Kier molecular flexibility index (Phi) is 53.4. The summed E-state index contributed by atoms with van der Waals surface area (Å²) in [6.07, 6.45) is 69.0. The molecule has 3 unspecified atom stereocenters. The van der Waals surface area contributed by atoms with Crippen LogP contribution in [0, 0.1) is 0 Å². The Hall–Kier alpha value is -2.29. The van der Waals surface area contributed by atoms with E-state index in [1.54, 1.807) is 0 Å². The number of carbonyl (C=O) groups excluding carboxylic acids is 2. The van der Waals surface area contributed by atoms with E-state index in [1.165, 1.54) is 161 Å². The molecule has 0 saturated heterocycles. The maximum atomic E-state index is 13.5. The number of amides is 1. The van der Waals surface area contributed by atoms with Crippen LogP contribution in [0.1, 0.15) is 290 Å². The van der Waals surface area contributed by atoms with E-state index < -0.39 is 26.6 Å². The number of nitrogens with zero attached hydrogens (tertiary/aromatic N) is 1. The molecule has 0 heterocycles. The number of likely N-dealkylation sites (N-methyl/N-ethyl adjacent to an activating group) is 1. The van der Waals surface area contributed by atoms with Crippen LogP contribution in [0.4, 0.5) is 0 Å². The maximum absolute atomic E-state index is 13.5. The van der Waals surface area contributed by atoms with Crippen LogP contribution in [0.5, 0.6) is 0 Å². The Morgan fingerprint density at radius 2 is 0.813 bits per heavy atom. The molecule has 0 rings (SSSR count). The van der Waals surface area contributed by atoms with Gasteiger partial charge in [-0.15, -0.1) is 0 Å². The van der Waals surface area contributed by atoms with Gasteiger partial charge in [-0.2, -0.15) is 0 Å². The van der Waals surface area contributed by atoms with E-state index in [0.717, 1.165) is 89.9 Å². The van der Waals surface area contributed by atoms with Crippen molar-refractivity contribution in [2.45, 2.75) is 303 Å². The van der Waals surface area contributed by atoms with E-state index in [4.69, 9.17) is 13.8 Å². The second-order valence-electron chi connectivity index (χ2n) is 22.6. The van der Waals surface area contributed by atoms with Crippen molar-refractivity contribution >= 4 is 19.7 Å². The van der Waals surface area contributed by atoms with Crippen LogP contribution < -0.4 is 10.2 Å². The lowest BCUT2D eigenvalue weighted by atomic mass is 10.0. The molecule has 0 aliphatic carbocycles. The standard InChI is InChI=1S/C65H121N2O7P/c1-7-10-13-16-19-22-25-28-30-31-32-33-34-35-36-37-38-39-42-45-48-51-54-57-64(68)66-62(61-73-75(70,71)72-60-59-67(4,5)6)63(56-53-50-47-44-41-27-24-21-18-15-12-9-3)74-65(69)58-55-52-49-46-43-40-29-26-23-20-17-14-11-8-2/h19,22,28,30,32-33,40,43,53,56,62-63H,7-18,20-21,23-27,29,31,34-39,41-42,44-52,54-55,57-61H2,1-6H3,(H-,66,68,70,71)/b22-19-,30-28-,33-32-,43-40-,56-53-. The van der Waals surface area contributed by atoms with Gasteiger partial charge in [0, 0.05) is 12.8 Å². The molecule has 0 saturated carbocycles. The SMILES string of the molecule is CCCCC/C=C\C/C=C\C/C=C\CCCCCCCCCCCCC(=O)NC(COP(=O)([O-])OCC[N+](C)(C)C)C(/C=C\CCCCCCCCCCCC)OC(=O)CCCCC/C=C\CCCCCCCCC. The van der Waals surface area contributed by atoms with Crippen LogP contribution in [0.3, 0.4) is 0 Å². The van der Waals surface area contributed by atoms with Crippen LogP contribution >= 0.6 is 7.82 Å². The largest absolute Gasteiger partial charge is 0.756 e. The molecule has 9 nitrogen and oxygen atoms in total. The van der Waals surface area contributed by atoms with Crippen molar-refractivity contribution in [1.29, 1.82) is 0 Å². The molecule has 0 bridgehead atoms. The minimum absolute atomic E-state index is 0.0260. The summed E-state index contributed by atoms with van der Waals surface area (Å²) in [5.74, 6) is -0.559. The summed E-state index contributed by atoms with van der Waals surface area (Å²) in [6, 6.07) is -0.897. The third-order valence-corrected chi connectivity index (χ3v) is 14.9. The topological polar surface area (TPSA) is 114 Å². The molecule has 0 aromatic carbocycles. The Bertz CT molecular complexity index is 1470. The number of esters is 1. The van der Waals surface area contributed by atoms with E-state index in [9.17, 15) is 19.0 Å². The zero-order valence-electron chi connectivity index (χ0n) is 50.0. The third-order valence-electron chi connectivity index (χ3n) is 13.9. The van der Waals surface area contributed by atoms with Crippen molar-refractivity contribution < 1.29 is 37.3 Å². The fraction of sp³-hybridized carbons (Fsp3) is 0.815. The molecule has 3 atom stereocenters. The average molecular weight is 1070 g/mol. The minimum Gasteiger partial charge on any atom is -0.756 e. The zero-order valence-corrected chi connectivity index (χ0v) is 50.9. The fourth-order valence-corrected chi connectivity index (χ4v) is 9.72. The number of rotatable bonds is 57. The third kappa shape index (κ3) is 56.2. The molecule has 0 fully saturated rings. The quantitative estimate of drug-likeness (QED) is 0.0212. The number of allylic oxidation sites excluding steroid dienone is 9. The lowest BCUT2D eigenvalue weighted by Crippen LogP contribution is -2.47. The lowest BCUT2D eigenvalue weighted by Gasteiger charge is -2.30. The van der Waals surface area contributed by atoms with Gasteiger partial charge >= 0.3 is 5.97 Å². The van der Waals surface area contributed by atoms with Crippen molar-refractivity contribution in [2.24, 2.45) is 0 Å². The van der Waals surface area contributed by atoms with Crippen molar-refractivity contribution in [2.75, 3.05) is 40.9 Å². The Morgan fingerprint density at radius 3 is 1.27 bits per heavy atom. The molecule has 1 N–H and O–H groups in total. The first-order valence-corrected chi connectivity index (χ1v) is 33.1. The van der Waals surface area contributed by atoms with Crippen LogP contribution in [-0.4, -0.2) is 69.4 Å². The first-order chi connectivity index (χ1) is 36.4. The minimum atomic E-state index is -4.70. The number of quaternary nitrogens is 1. The first kappa shape index (κ1) is 72.7. The Morgan fingerprint density at radius 1 is 0.467 bits per heavy atom. The van der Waals surface area contributed by atoms with Gasteiger partial charge in [-0.3, -0.25) is 14.2 Å². The highest BCUT2D eigenvalue weighted by Gasteiger charge is 2.27. The summed E-state index contributed by atoms with van der Waals surface area (Å²) in [5.41, 5.74) is 0. The Labute approximate surface area is 464 Å². The first-order valence-electron chi connectivity index (χ1n) is 31.6. The van der Waals surface area contributed by atoms with Gasteiger partial charge < -0.3 is 28.5 Å². The molecule has 0 aliphatic heterocycles. The summed E-state index contributed by atoms with van der Waals surface area (Å²) in [6.45, 7) is 6.81. The number of nitrogens with one attached hydrogen (secondary N) is 1. The van der Waals surface area contributed by atoms with Gasteiger partial charge in [-0.1, -0.05) is 242 Å². The van der Waals surface area contributed by atoms with Gasteiger partial charge in [-0.05, 0) is 96.0 Å². The maximum Gasteiger partial charge on any atom is 0.306 e. The molecule has 0 radical (unpaired) electrons. The number of carbonyl (C=O) groups is 2. The lowest BCUT2D eigenvalue weighted by molar-refractivity contribution is -0.870. The predicted molar refractivity (Wildman–Crippen MR) is 321 cm³/mol. The van der Waals surface area contributed by atoms with E-state index in [2.05, 4.69) is 74.7 Å². The monoisotopic (exact) mass is 1070 g/mol. The van der Waals surface area contributed by atoms with Gasteiger partial charge in [-0.25, -0.2) is 0 Å². The Balaban J connectivity index is 5.19.